The van der Waals surface area contributed by atoms with E-state index in [-0.39, 0.29) is 13.0 Å². The third kappa shape index (κ3) is 5.67. The van der Waals surface area contributed by atoms with Crippen molar-refractivity contribution in [3.63, 3.8) is 0 Å². The van der Waals surface area contributed by atoms with Gasteiger partial charge >= 0.3 is 5.97 Å². The maximum Gasteiger partial charge on any atom is 0.327 e. The first kappa shape index (κ1) is 16.7. The first-order valence-corrected chi connectivity index (χ1v) is 6.72. The van der Waals surface area contributed by atoms with Crippen LogP contribution in [0, 0.1) is 12.3 Å². The Hall–Kier alpha value is -2.33. The molecule has 0 spiro atoms. The Balaban J connectivity index is 2.51. The van der Waals surface area contributed by atoms with Crippen molar-refractivity contribution in [1.82, 2.24) is 10.6 Å². The molecule has 21 heavy (non-hydrogen) atoms. The number of halogens is 1. The number of hydrogen-bond donors (Lipinski definition) is 3. The highest BCUT2D eigenvalue weighted by Gasteiger charge is 2.19. The lowest BCUT2D eigenvalue weighted by Crippen LogP contribution is -2.45. The summed E-state index contributed by atoms with van der Waals surface area (Å²) >= 11 is 3.23. The summed E-state index contributed by atoms with van der Waals surface area (Å²) in [5.41, 5.74) is 0.385. The van der Waals surface area contributed by atoms with E-state index in [0.717, 1.165) is 4.47 Å². The lowest BCUT2D eigenvalue weighted by atomic mass is 10.2. The first-order chi connectivity index (χ1) is 9.93. The van der Waals surface area contributed by atoms with Gasteiger partial charge in [0, 0.05) is 16.5 Å². The molecule has 1 atom stereocenters. The zero-order valence-corrected chi connectivity index (χ0v) is 12.5. The zero-order chi connectivity index (χ0) is 15.8. The Kier molecular flexibility index (Phi) is 6.43. The van der Waals surface area contributed by atoms with Crippen LogP contribution in [0.2, 0.25) is 0 Å². The van der Waals surface area contributed by atoms with Crippen molar-refractivity contribution in [3.8, 4) is 12.3 Å². The fourth-order valence-corrected chi connectivity index (χ4v) is 1.85. The van der Waals surface area contributed by atoms with Crippen LogP contribution >= 0.6 is 15.9 Å². The molecule has 6 nitrogen and oxygen atoms in total. The second-order valence-electron chi connectivity index (χ2n) is 4.06. The molecule has 0 fully saturated rings. The maximum atomic E-state index is 11.8. The standard InChI is InChI=1S/C14H13BrN2O4/c1-2-4-11(14(20)21)17-12(18)8-16-13(19)9-5-3-6-10(15)7-9/h1,3,5-7,11H,4,8H2,(H,16,19)(H,17,18)(H,20,21). The highest BCUT2D eigenvalue weighted by Crippen LogP contribution is 2.11. The summed E-state index contributed by atoms with van der Waals surface area (Å²) in [7, 11) is 0. The van der Waals surface area contributed by atoms with E-state index in [9.17, 15) is 14.4 Å². The van der Waals surface area contributed by atoms with E-state index in [1.807, 2.05) is 0 Å². The molecule has 0 radical (unpaired) electrons. The van der Waals surface area contributed by atoms with E-state index < -0.39 is 23.8 Å². The molecular formula is C14H13BrN2O4. The number of carbonyl (C=O) groups excluding carboxylic acids is 2. The Morgan fingerprint density at radius 1 is 1.38 bits per heavy atom. The Bertz CT molecular complexity index is 595. The zero-order valence-electron chi connectivity index (χ0n) is 10.9. The average molecular weight is 353 g/mol. The summed E-state index contributed by atoms with van der Waals surface area (Å²) in [4.78, 5) is 34.2. The molecule has 2 amide bonds. The monoisotopic (exact) mass is 352 g/mol. The van der Waals surface area contributed by atoms with Gasteiger partial charge in [-0.3, -0.25) is 9.59 Å². The van der Waals surface area contributed by atoms with E-state index in [4.69, 9.17) is 11.5 Å². The molecule has 1 unspecified atom stereocenters. The summed E-state index contributed by atoms with van der Waals surface area (Å²) < 4.78 is 0.736. The van der Waals surface area contributed by atoms with Crippen LogP contribution in [0.15, 0.2) is 28.7 Å². The van der Waals surface area contributed by atoms with Crippen molar-refractivity contribution in [2.75, 3.05) is 6.54 Å². The number of carbonyl (C=O) groups is 3. The molecule has 1 aromatic carbocycles. The number of carboxylic acid groups (broad SMARTS) is 1. The molecule has 0 bridgehead atoms. The topological polar surface area (TPSA) is 95.5 Å². The van der Waals surface area contributed by atoms with Crippen molar-refractivity contribution < 1.29 is 19.5 Å². The number of carboxylic acids is 1. The van der Waals surface area contributed by atoms with E-state index in [1.54, 1.807) is 24.3 Å². The molecule has 0 aliphatic carbocycles. The second kappa shape index (κ2) is 8.07. The largest absolute Gasteiger partial charge is 0.480 e. The minimum Gasteiger partial charge on any atom is -0.480 e. The Morgan fingerprint density at radius 2 is 2.10 bits per heavy atom. The number of aliphatic carboxylic acids is 1. The Morgan fingerprint density at radius 3 is 2.67 bits per heavy atom. The average Bonchev–Trinajstić information content (AvgIpc) is 2.44. The number of hydrogen-bond acceptors (Lipinski definition) is 3. The predicted octanol–water partition coefficient (Wildman–Crippen LogP) is 0.772. The van der Waals surface area contributed by atoms with Gasteiger partial charge < -0.3 is 15.7 Å². The SMILES string of the molecule is C#CCC(NC(=O)CNC(=O)c1cccc(Br)c1)C(=O)O. The van der Waals surface area contributed by atoms with Crippen molar-refractivity contribution in [1.29, 1.82) is 0 Å². The summed E-state index contributed by atoms with van der Waals surface area (Å²) in [5.74, 6) is -0.118. The minimum atomic E-state index is -1.22. The summed E-state index contributed by atoms with van der Waals surface area (Å²) in [6, 6.07) is 5.49. The van der Waals surface area contributed by atoms with E-state index in [1.165, 1.54) is 0 Å². The second-order valence-corrected chi connectivity index (χ2v) is 4.98. The third-order valence-electron chi connectivity index (χ3n) is 2.45. The van der Waals surface area contributed by atoms with Gasteiger partial charge in [0.1, 0.15) is 6.04 Å². The summed E-state index contributed by atoms with van der Waals surface area (Å²) in [5, 5.41) is 13.5. The molecular weight excluding hydrogens is 340 g/mol. The van der Waals surface area contributed by atoms with Crippen LogP contribution < -0.4 is 10.6 Å². The molecule has 7 heteroatoms. The molecule has 0 aliphatic rings. The van der Waals surface area contributed by atoms with Gasteiger partial charge in [-0.05, 0) is 18.2 Å². The summed E-state index contributed by atoms with van der Waals surface area (Å²) in [6.45, 7) is -0.334. The molecule has 0 heterocycles. The maximum absolute atomic E-state index is 11.8. The van der Waals surface area contributed by atoms with Gasteiger partial charge in [0.15, 0.2) is 0 Å². The lowest BCUT2D eigenvalue weighted by Gasteiger charge is -2.12. The quantitative estimate of drug-likeness (QED) is 0.659. The number of amides is 2. The van der Waals surface area contributed by atoms with Crippen molar-refractivity contribution in [3.05, 3.63) is 34.3 Å². The van der Waals surface area contributed by atoms with Gasteiger partial charge in [-0.1, -0.05) is 22.0 Å². The van der Waals surface area contributed by atoms with E-state index in [0.29, 0.717) is 5.56 Å². The Labute approximate surface area is 130 Å². The van der Waals surface area contributed by atoms with Crippen molar-refractivity contribution in [2.24, 2.45) is 0 Å². The number of nitrogens with one attached hydrogen (secondary N) is 2. The smallest absolute Gasteiger partial charge is 0.327 e. The van der Waals surface area contributed by atoms with Gasteiger partial charge in [-0.25, -0.2) is 4.79 Å². The molecule has 3 N–H and O–H groups in total. The summed E-state index contributed by atoms with van der Waals surface area (Å²) in [6.07, 6.45) is 4.89. The van der Waals surface area contributed by atoms with Gasteiger partial charge in [-0.15, -0.1) is 12.3 Å². The third-order valence-corrected chi connectivity index (χ3v) is 2.94. The van der Waals surface area contributed by atoms with Crippen molar-refractivity contribution >= 4 is 33.7 Å². The molecule has 1 aromatic rings. The van der Waals surface area contributed by atoms with Gasteiger partial charge in [0.2, 0.25) is 5.91 Å². The molecule has 0 aromatic heterocycles. The number of rotatable bonds is 6. The van der Waals surface area contributed by atoms with Crippen molar-refractivity contribution in [2.45, 2.75) is 12.5 Å². The molecule has 0 aliphatic heterocycles. The molecule has 110 valence electrons. The van der Waals surface area contributed by atoms with Crippen LogP contribution in [0.5, 0.6) is 0 Å². The minimum absolute atomic E-state index is 0.124. The molecule has 0 saturated carbocycles. The fourth-order valence-electron chi connectivity index (χ4n) is 1.46. The predicted molar refractivity (Wildman–Crippen MR) is 79.5 cm³/mol. The normalized spacial score (nSPS) is 11.0. The molecule has 1 rings (SSSR count). The number of benzene rings is 1. The van der Waals surface area contributed by atoms with Gasteiger partial charge in [0.25, 0.3) is 5.91 Å². The number of terminal acetylenes is 1. The van der Waals surface area contributed by atoms with Crippen LogP contribution in [-0.4, -0.2) is 35.5 Å². The van der Waals surface area contributed by atoms with Gasteiger partial charge in [-0.2, -0.15) is 0 Å². The lowest BCUT2D eigenvalue weighted by molar-refractivity contribution is -0.141. The fraction of sp³-hybridized carbons (Fsp3) is 0.214. The molecule has 0 saturated heterocycles. The highest BCUT2D eigenvalue weighted by molar-refractivity contribution is 9.10. The first-order valence-electron chi connectivity index (χ1n) is 5.93. The van der Waals surface area contributed by atoms with E-state index in [2.05, 4.69) is 32.5 Å². The van der Waals surface area contributed by atoms with Crippen LogP contribution in [0.25, 0.3) is 0 Å². The van der Waals surface area contributed by atoms with Crippen LogP contribution in [0.1, 0.15) is 16.8 Å². The van der Waals surface area contributed by atoms with Crippen LogP contribution in [0.4, 0.5) is 0 Å². The van der Waals surface area contributed by atoms with Gasteiger partial charge in [0.05, 0.1) is 6.54 Å². The van der Waals surface area contributed by atoms with E-state index >= 15 is 0 Å². The van der Waals surface area contributed by atoms with Crippen LogP contribution in [-0.2, 0) is 9.59 Å². The highest BCUT2D eigenvalue weighted by atomic mass is 79.9. The van der Waals surface area contributed by atoms with Crippen LogP contribution in [0.3, 0.4) is 0 Å².